The van der Waals surface area contributed by atoms with E-state index in [4.69, 9.17) is 0 Å². The van der Waals surface area contributed by atoms with Crippen molar-refractivity contribution in [3.8, 4) is 0 Å². The van der Waals surface area contributed by atoms with Gasteiger partial charge < -0.3 is 10.2 Å². The lowest BCUT2D eigenvalue weighted by Gasteiger charge is -2.34. The molecule has 1 saturated heterocycles. The Hall–Kier alpha value is -1.36. The van der Waals surface area contributed by atoms with Crippen molar-refractivity contribution >= 4 is 5.91 Å². The lowest BCUT2D eigenvalue weighted by molar-refractivity contribution is 0.0942. The van der Waals surface area contributed by atoms with Crippen LogP contribution < -0.4 is 5.32 Å². The molecule has 1 aliphatic rings. The molecule has 0 saturated carbocycles. The third-order valence-electron chi connectivity index (χ3n) is 4.13. The summed E-state index contributed by atoms with van der Waals surface area (Å²) in [6.07, 6.45) is 3.20. The molecule has 1 amide bonds. The van der Waals surface area contributed by atoms with E-state index < -0.39 is 0 Å². The average Bonchev–Trinajstić information content (AvgIpc) is 2.91. The number of likely N-dealkylation sites (tertiary alicyclic amines) is 1. The molecule has 0 aromatic carbocycles. The molecule has 2 N–H and O–H groups in total. The molecular weight excluding hydrogens is 264 g/mol. The van der Waals surface area contributed by atoms with Crippen molar-refractivity contribution in [2.24, 2.45) is 11.8 Å². The summed E-state index contributed by atoms with van der Waals surface area (Å²) < 4.78 is 0. The summed E-state index contributed by atoms with van der Waals surface area (Å²) in [6, 6.07) is 1.82. The molecule has 5 heteroatoms. The maximum atomic E-state index is 11.9. The highest BCUT2D eigenvalue weighted by Gasteiger charge is 2.21. The Morgan fingerprint density at radius 1 is 1.43 bits per heavy atom. The van der Waals surface area contributed by atoms with Gasteiger partial charge in [0.15, 0.2) is 0 Å². The number of H-pyrrole nitrogens is 1. The van der Waals surface area contributed by atoms with Crippen LogP contribution >= 0.6 is 0 Å². The van der Waals surface area contributed by atoms with Crippen LogP contribution in [-0.2, 0) is 6.42 Å². The highest BCUT2D eigenvalue weighted by atomic mass is 16.1. The SMILES string of the molecule is CCc1cc(C(=O)NCCCN2CC(C)CC(C)C2)n[nH]1. The van der Waals surface area contributed by atoms with Crippen LogP contribution in [0.2, 0.25) is 0 Å². The van der Waals surface area contributed by atoms with Crippen LogP contribution in [0.3, 0.4) is 0 Å². The zero-order valence-corrected chi connectivity index (χ0v) is 13.5. The van der Waals surface area contributed by atoms with Gasteiger partial charge in [-0.25, -0.2) is 0 Å². The van der Waals surface area contributed by atoms with Gasteiger partial charge in [0.05, 0.1) is 0 Å². The van der Waals surface area contributed by atoms with Gasteiger partial charge in [0.25, 0.3) is 5.91 Å². The first-order valence-corrected chi connectivity index (χ1v) is 8.13. The Morgan fingerprint density at radius 3 is 2.76 bits per heavy atom. The normalized spacial score (nSPS) is 23.2. The molecule has 21 heavy (non-hydrogen) atoms. The molecule has 2 rings (SSSR count). The van der Waals surface area contributed by atoms with Crippen molar-refractivity contribution in [3.05, 3.63) is 17.5 Å². The van der Waals surface area contributed by atoms with Gasteiger partial charge in [-0.15, -0.1) is 0 Å². The second-order valence-corrected chi connectivity index (χ2v) is 6.45. The number of aryl methyl sites for hydroxylation is 1. The fraction of sp³-hybridized carbons (Fsp3) is 0.750. The lowest BCUT2D eigenvalue weighted by atomic mass is 9.92. The number of nitrogens with zero attached hydrogens (tertiary/aromatic N) is 2. The van der Waals surface area contributed by atoms with Crippen LogP contribution in [0.4, 0.5) is 0 Å². The number of amides is 1. The molecule has 1 aromatic rings. The Labute approximate surface area is 127 Å². The van der Waals surface area contributed by atoms with Crippen LogP contribution in [0.1, 0.15) is 49.8 Å². The smallest absolute Gasteiger partial charge is 0.271 e. The number of piperidine rings is 1. The molecule has 0 spiro atoms. The highest BCUT2D eigenvalue weighted by Crippen LogP contribution is 2.20. The molecule has 5 nitrogen and oxygen atoms in total. The molecule has 1 fully saturated rings. The van der Waals surface area contributed by atoms with Crippen molar-refractivity contribution in [1.29, 1.82) is 0 Å². The fourth-order valence-electron chi connectivity index (χ4n) is 3.23. The second-order valence-electron chi connectivity index (χ2n) is 6.45. The Kier molecular flexibility index (Phi) is 5.79. The van der Waals surface area contributed by atoms with E-state index in [9.17, 15) is 4.79 Å². The quantitative estimate of drug-likeness (QED) is 0.789. The average molecular weight is 292 g/mol. The van der Waals surface area contributed by atoms with E-state index >= 15 is 0 Å². The largest absolute Gasteiger partial charge is 0.351 e. The van der Waals surface area contributed by atoms with Crippen molar-refractivity contribution in [2.45, 2.75) is 40.0 Å². The van der Waals surface area contributed by atoms with E-state index in [0.717, 1.165) is 36.9 Å². The number of hydrogen-bond acceptors (Lipinski definition) is 3. The standard InChI is InChI=1S/C16H28N4O/c1-4-14-9-15(19-18-14)16(21)17-6-5-7-20-10-12(2)8-13(3)11-20/h9,12-13H,4-8,10-11H2,1-3H3,(H,17,21)(H,18,19). The molecular formula is C16H28N4O. The van der Waals surface area contributed by atoms with Gasteiger partial charge in [0, 0.05) is 25.3 Å². The molecule has 2 unspecified atom stereocenters. The van der Waals surface area contributed by atoms with E-state index in [1.807, 2.05) is 13.0 Å². The van der Waals surface area contributed by atoms with E-state index in [2.05, 4.69) is 34.3 Å². The molecule has 0 radical (unpaired) electrons. The summed E-state index contributed by atoms with van der Waals surface area (Å²) in [7, 11) is 0. The molecule has 2 atom stereocenters. The minimum atomic E-state index is -0.0775. The number of carbonyl (C=O) groups is 1. The first kappa shape index (κ1) is 16.0. The summed E-state index contributed by atoms with van der Waals surface area (Å²) in [5.74, 6) is 1.51. The van der Waals surface area contributed by atoms with Crippen molar-refractivity contribution < 1.29 is 4.79 Å². The predicted octanol–water partition coefficient (Wildman–Crippen LogP) is 2.07. The predicted molar refractivity (Wildman–Crippen MR) is 84.3 cm³/mol. The number of rotatable bonds is 6. The van der Waals surface area contributed by atoms with Gasteiger partial charge in [-0.3, -0.25) is 9.89 Å². The lowest BCUT2D eigenvalue weighted by Crippen LogP contribution is -2.40. The van der Waals surface area contributed by atoms with Crippen molar-refractivity contribution in [3.63, 3.8) is 0 Å². The minimum absolute atomic E-state index is 0.0775. The zero-order chi connectivity index (χ0) is 15.2. The summed E-state index contributed by atoms with van der Waals surface area (Å²) in [5, 5.41) is 9.85. The Balaban J connectivity index is 1.66. The van der Waals surface area contributed by atoms with Gasteiger partial charge in [-0.2, -0.15) is 5.10 Å². The minimum Gasteiger partial charge on any atom is -0.351 e. The topological polar surface area (TPSA) is 61.0 Å². The van der Waals surface area contributed by atoms with E-state index in [1.54, 1.807) is 0 Å². The Morgan fingerprint density at radius 2 is 2.14 bits per heavy atom. The first-order valence-electron chi connectivity index (χ1n) is 8.13. The molecule has 1 aliphatic heterocycles. The number of aromatic nitrogens is 2. The zero-order valence-electron chi connectivity index (χ0n) is 13.5. The highest BCUT2D eigenvalue weighted by molar-refractivity contribution is 5.92. The van der Waals surface area contributed by atoms with Crippen LogP contribution in [0, 0.1) is 11.8 Å². The first-order chi connectivity index (χ1) is 10.1. The summed E-state index contributed by atoms with van der Waals surface area (Å²) in [4.78, 5) is 14.4. The third-order valence-corrected chi connectivity index (χ3v) is 4.13. The third kappa shape index (κ3) is 4.84. The number of nitrogens with one attached hydrogen (secondary N) is 2. The molecule has 0 bridgehead atoms. The molecule has 1 aromatic heterocycles. The summed E-state index contributed by atoms with van der Waals surface area (Å²) in [5.41, 5.74) is 1.49. The van der Waals surface area contributed by atoms with Gasteiger partial charge in [-0.1, -0.05) is 20.8 Å². The van der Waals surface area contributed by atoms with E-state index in [-0.39, 0.29) is 5.91 Å². The van der Waals surface area contributed by atoms with Crippen LogP contribution in [-0.4, -0.2) is 47.2 Å². The van der Waals surface area contributed by atoms with Gasteiger partial charge in [-0.05, 0) is 43.7 Å². The summed E-state index contributed by atoms with van der Waals surface area (Å²) >= 11 is 0. The molecule has 118 valence electrons. The maximum Gasteiger partial charge on any atom is 0.271 e. The number of carbonyl (C=O) groups excluding carboxylic acids is 1. The van der Waals surface area contributed by atoms with Gasteiger partial charge in [0.1, 0.15) is 5.69 Å². The molecule has 0 aliphatic carbocycles. The van der Waals surface area contributed by atoms with E-state index in [0.29, 0.717) is 12.2 Å². The summed E-state index contributed by atoms with van der Waals surface area (Å²) in [6.45, 7) is 10.9. The van der Waals surface area contributed by atoms with E-state index in [1.165, 1.54) is 19.5 Å². The van der Waals surface area contributed by atoms with Crippen molar-refractivity contribution in [1.82, 2.24) is 20.4 Å². The van der Waals surface area contributed by atoms with Crippen LogP contribution in [0.5, 0.6) is 0 Å². The van der Waals surface area contributed by atoms with Gasteiger partial charge >= 0.3 is 0 Å². The number of hydrogen-bond donors (Lipinski definition) is 2. The second kappa shape index (κ2) is 7.59. The fourth-order valence-corrected chi connectivity index (χ4v) is 3.23. The van der Waals surface area contributed by atoms with Gasteiger partial charge in [0.2, 0.25) is 0 Å². The van der Waals surface area contributed by atoms with Crippen LogP contribution in [0.25, 0.3) is 0 Å². The molecule has 2 heterocycles. The Bertz CT molecular complexity index is 447. The maximum absolute atomic E-state index is 11.9. The number of aromatic amines is 1. The monoisotopic (exact) mass is 292 g/mol. The van der Waals surface area contributed by atoms with Crippen LogP contribution in [0.15, 0.2) is 6.07 Å². The van der Waals surface area contributed by atoms with Crippen molar-refractivity contribution in [2.75, 3.05) is 26.2 Å².